The number of ether oxygens (including phenoxy) is 1. The predicted molar refractivity (Wildman–Crippen MR) is 146 cm³/mol. The van der Waals surface area contributed by atoms with E-state index in [0.29, 0.717) is 38.1 Å². The fourth-order valence-electron chi connectivity index (χ4n) is 3.54. The molecule has 1 unspecified atom stereocenters. The molecule has 0 bridgehead atoms. The van der Waals surface area contributed by atoms with Crippen LogP contribution in [0.2, 0.25) is 5.02 Å². The number of thiazole rings is 1. The summed E-state index contributed by atoms with van der Waals surface area (Å²) in [5.41, 5.74) is 8.39. The van der Waals surface area contributed by atoms with Crippen molar-refractivity contribution >= 4 is 57.7 Å². The molecule has 0 saturated heterocycles. The lowest BCUT2D eigenvalue weighted by molar-refractivity contribution is -0.119. The number of hydrogen-bond acceptors (Lipinski definition) is 9. The minimum absolute atomic E-state index is 0.129. The average molecular weight is 557 g/mol. The molecular formula is C25H25ClN6O3S2. The maximum absolute atomic E-state index is 13.3. The highest BCUT2D eigenvalue weighted by Crippen LogP contribution is 2.31. The minimum Gasteiger partial charge on any atom is -0.457 e. The Balaban J connectivity index is 1.44. The first-order valence-corrected chi connectivity index (χ1v) is 13.6. The van der Waals surface area contributed by atoms with Crippen LogP contribution in [0.3, 0.4) is 0 Å². The third kappa shape index (κ3) is 6.48. The van der Waals surface area contributed by atoms with E-state index < -0.39 is 12.0 Å². The van der Waals surface area contributed by atoms with Crippen LogP contribution in [0, 0.1) is 6.92 Å². The molecule has 3 N–H and O–H groups in total. The van der Waals surface area contributed by atoms with E-state index in [2.05, 4.69) is 20.5 Å². The minimum atomic E-state index is -0.679. The number of anilines is 2. The van der Waals surface area contributed by atoms with Crippen molar-refractivity contribution in [2.75, 3.05) is 11.1 Å². The standard InChI is InChI=1S/C25H25ClN6O3S2/c1-3-19(32-23(27)30-31-25(32)36-14-17-11-7-8-12-18(17)26)21(33)29-24-28-15(2)20(37-24)22(34)35-13-16-9-5-4-6-10-16/h4-12,19H,3,13-14H2,1-2H3,(H2,27,30)(H,28,29,33). The van der Waals surface area contributed by atoms with E-state index in [-0.39, 0.29) is 18.5 Å². The Morgan fingerprint density at radius 3 is 2.62 bits per heavy atom. The van der Waals surface area contributed by atoms with Gasteiger partial charge in [0.15, 0.2) is 10.3 Å². The van der Waals surface area contributed by atoms with Crippen LogP contribution in [0.1, 0.15) is 45.9 Å². The molecule has 0 aliphatic rings. The van der Waals surface area contributed by atoms with Crippen molar-refractivity contribution in [3.05, 3.63) is 81.3 Å². The summed E-state index contributed by atoms with van der Waals surface area (Å²) in [5, 5.41) is 12.4. The zero-order valence-electron chi connectivity index (χ0n) is 20.2. The van der Waals surface area contributed by atoms with Crippen molar-refractivity contribution in [2.24, 2.45) is 0 Å². The summed E-state index contributed by atoms with van der Waals surface area (Å²) in [6, 6.07) is 16.2. The molecule has 0 fully saturated rings. The van der Waals surface area contributed by atoms with Crippen LogP contribution in [-0.4, -0.2) is 31.6 Å². The molecule has 0 aliphatic carbocycles. The van der Waals surface area contributed by atoms with Crippen molar-refractivity contribution < 1.29 is 14.3 Å². The van der Waals surface area contributed by atoms with Crippen molar-refractivity contribution in [2.45, 2.75) is 43.8 Å². The van der Waals surface area contributed by atoms with Gasteiger partial charge in [0, 0.05) is 10.8 Å². The summed E-state index contributed by atoms with van der Waals surface area (Å²) >= 11 is 8.72. The summed E-state index contributed by atoms with van der Waals surface area (Å²) in [6.07, 6.45) is 0.435. The second-order valence-corrected chi connectivity index (χ2v) is 10.3. The summed E-state index contributed by atoms with van der Waals surface area (Å²) in [5.74, 6) is -0.167. The van der Waals surface area contributed by atoms with Gasteiger partial charge in [0.2, 0.25) is 11.9 Å². The first kappa shape index (κ1) is 26.6. The Labute approximate surface area is 227 Å². The highest BCUT2D eigenvalue weighted by atomic mass is 35.5. The third-order valence-electron chi connectivity index (χ3n) is 5.43. The van der Waals surface area contributed by atoms with Crippen LogP contribution >= 0.6 is 34.7 Å². The number of benzene rings is 2. The molecular weight excluding hydrogens is 532 g/mol. The molecule has 37 heavy (non-hydrogen) atoms. The molecule has 2 aromatic carbocycles. The van der Waals surface area contributed by atoms with Crippen molar-refractivity contribution in [3.8, 4) is 0 Å². The topological polar surface area (TPSA) is 125 Å². The summed E-state index contributed by atoms with van der Waals surface area (Å²) in [6.45, 7) is 3.72. The van der Waals surface area contributed by atoms with Crippen LogP contribution in [0.4, 0.5) is 11.1 Å². The van der Waals surface area contributed by atoms with Gasteiger partial charge < -0.3 is 15.8 Å². The molecule has 0 saturated carbocycles. The van der Waals surface area contributed by atoms with E-state index in [0.717, 1.165) is 22.5 Å². The number of esters is 1. The number of rotatable bonds is 10. The number of halogens is 1. The van der Waals surface area contributed by atoms with Gasteiger partial charge in [-0.05, 0) is 30.5 Å². The molecule has 0 spiro atoms. The molecule has 2 aromatic heterocycles. The number of nitrogens with one attached hydrogen (secondary N) is 1. The van der Waals surface area contributed by atoms with Gasteiger partial charge in [-0.3, -0.25) is 9.36 Å². The highest BCUT2D eigenvalue weighted by molar-refractivity contribution is 7.98. The van der Waals surface area contributed by atoms with Crippen molar-refractivity contribution in [1.82, 2.24) is 19.7 Å². The quantitative estimate of drug-likeness (QED) is 0.193. The van der Waals surface area contributed by atoms with E-state index in [9.17, 15) is 9.59 Å². The second-order valence-electron chi connectivity index (χ2n) is 8.00. The normalized spacial score (nSPS) is 11.8. The lowest BCUT2D eigenvalue weighted by atomic mass is 10.2. The summed E-state index contributed by atoms with van der Waals surface area (Å²) < 4.78 is 7.02. The van der Waals surface area contributed by atoms with E-state index in [4.69, 9.17) is 22.1 Å². The number of hydrogen-bond donors (Lipinski definition) is 2. The first-order valence-electron chi connectivity index (χ1n) is 11.4. The largest absolute Gasteiger partial charge is 0.457 e. The van der Waals surface area contributed by atoms with Crippen LogP contribution in [0.5, 0.6) is 0 Å². The fourth-order valence-corrected chi connectivity index (χ4v) is 5.68. The van der Waals surface area contributed by atoms with Gasteiger partial charge in [-0.15, -0.1) is 10.2 Å². The van der Waals surface area contributed by atoms with Crippen molar-refractivity contribution in [3.63, 3.8) is 0 Å². The number of carbonyl (C=O) groups is 2. The van der Waals surface area contributed by atoms with Crippen LogP contribution < -0.4 is 11.1 Å². The van der Waals surface area contributed by atoms with E-state index in [1.54, 1.807) is 11.5 Å². The van der Waals surface area contributed by atoms with E-state index in [1.165, 1.54) is 11.8 Å². The number of nitrogen functional groups attached to an aromatic ring is 1. The molecule has 4 rings (SSSR count). The third-order valence-corrected chi connectivity index (χ3v) is 7.84. The molecule has 0 radical (unpaired) electrons. The SMILES string of the molecule is CCC(C(=O)Nc1nc(C)c(C(=O)OCc2ccccc2)s1)n1c(N)nnc1SCc1ccccc1Cl. The Morgan fingerprint density at radius 1 is 1.16 bits per heavy atom. The van der Waals surface area contributed by atoms with Gasteiger partial charge in [-0.2, -0.15) is 0 Å². The molecule has 0 aliphatic heterocycles. The van der Waals surface area contributed by atoms with Gasteiger partial charge >= 0.3 is 5.97 Å². The maximum atomic E-state index is 13.3. The molecule has 4 aromatic rings. The lowest BCUT2D eigenvalue weighted by Gasteiger charge is -2.18. The van der Waals surface area contributed by atoms with Crippen LogP contribution in [0.15, 0.2) is 59.8 Å². The van der Waals surface area contributed by atoms with Gasteiger partial charge in [-0.1, -0.05) is 90.2 Å². The Hall–Kier alpha value is -3.41. The van der Waals surface area contributed by atoms with Gasteiger partial charge in [0.05, 0.1) is 5.69 Å². The number of aryl methyl sites for hydroxylation is 1. The van der Waals surface area contributed by atoms with E-state index >= 15 is 0 Å². The van der Waals surface area contributed by atoms with Crippen molar-refractivity contribution in [1.29, 1.82) is 0 Å². The first-order chi connectivity index (χ1) is 17.9. The average Bonchev–Trinajstić information content (AvgIpc) is 3.45. The summed E-state index contributed by atoms with van der Waals surface area (Å²) in [7, 11) is 0. The predicted octanol–water partition coefficient (Wildman–Crippen LogP) is 5.52. The Kier molecular flexibility index (Phi) is 8.80. The number of nitrogens with two attached hydrogens (primary N) is 1. The number of thioether (sulfide) groups is 1. The molecule has 192 valence electrons. The monoisotopic (exact) mass is 556 g/mol. The number of amides is 1. The zero-order chi connectivity index (χ0) is 26.4. The highest BCUT2D eigenvalue weighted by Gasteiger charge is 2.27. The number of carbonyl (C=O) groups excluding carboxylic acids is 2. The lowest BCUT2D eigenvalue weighted by Crippen LogP contribution is -2.27. The van der Waals surface area contributed by atoms with Gasteiger partial charge in [0.1, 0.15) is 17.5 Å². The Morgan fingerprint density at radius 2 is 1.89 bits per heavy atom. The number of aromatic nitrogens is 4. The molecule has 1 atom stereocenters. The molecule has 12 heteroatoms. The van der Waals surface area contributed by atoms with E-state index in [1.807, 2.05) is 61.5 Å². The van der Waals surface area contributed by atoms with Crippen LogP contribution in [-0.2, 0) is 21.9 Å². The Bertz CT molecular complexity index is 1390. The number of nitrogens with zero attached hydrogens (tertiary/aromatic N) is 4. The fraction of sp³-hybridized carbons (Fsp3) is 0.240. The van der Waals surface area contributed by atoms with Crippen LogP contribution in [0.25, 0.3) is 0 Å². The smallest absolute Gasteiger partial charge is 0.350 e. The van der Waals surface area contributed by atoms with Gasteiger partial charge in [-0.25, -0.2) is 9.78 Å². The second kappa shape index (κ2) is 12.2. The molecule has 1 amide bonds. The molecule has 9 nitrogen and oxygen atoms in total. The van der Waals surface area contributed by atoms with Gasteiger partial charge in [0.25, 0.3) is 0 Å². The zero-order valence-corrected chi connectivity index (χ0v) is 22.6. The molecule has 2 heterocycles. The summed E-state index contributed by atoms with van der Waals surface area (Å²) in [4.78, 5) is 30.5. The maximum Gasteiger partial charge on any atom is 0.350 e.